The lowest BCUT2D eigenvalue weighted by atomic mass is 9.97. The topological polar surface area (TPSA) is 38.5 Å². The van der Waals surface area contributed by atoms with Gasteiger partial charge in [-0.3, -0.25) is 4.90 Å². The van der Waals surface area contributed by atoms with E-state index in [-0.39, 0.29) is 5.82 Å². The van der Waals surface area contributed by atoms with Crippen molar-refractivity contribution in [3.05, 3.63) is 29.6 Å². The van der Waals surface area contributed by atoms with Gasteiger partial charge in [0.1, 0.15) is 11.6 Å². The molecule has 1 aliphatic heterocycles. The number of hydrogen-bond donors (Lipinski definition) is 1. The van der Waals surface area contributed by atoms with Crippen molar-refractivity contribution in [2.45, 2.75) is 20.3 Å². The van der Waals surface area contributed by atoms with E-state index in [4.69, 9.17) is 10.5 Å². The quantitative estimate of drug-likeness (QED) is 0.860. The van der Waals surface area contributed by atoms with Gasteiger partial charge in [-0.1, -0.05) is 19.9 Å². The molecule has 0 fully saturated rings. The van der Waals surface area contributed by atoms with Gasteiger partial charge < -0.3 is 10.5 Å². The summed E-state index contributed by atoms with van der Waals surface area (Å²) >= 11 is 0. The third-order valence-corrected chi connectivity index (χ3v) is 3.58. The Labute approximate surface area is 120 Å². The maximum absolute atomic E-state index is 14.1. The Bertz CT molecular complexity index is 511. The summed E-state index contributed by atoms with van der Waals surface area (Å²) in [5.41, 5.74) is 7.71. The number of ether oxygens (including phenoxy) is 1. The second kappa shape index (κ2) is 6.27. The molecule has 0 aromatic heterocycles. The Morgan fingerprint density at radius 2 is 2.15 bits per heavy atom. The van der Waals surface area contributed by atoms with Crippen LogP contribution in [0.2, 0.25) is 0 Å². The summed E-state index contributed by atoms with van der Waals surface area (Å²) in [6, 6.07) is 3.05. The SMILES string of the molecule is COc1cc(C2=CCN(CC(C)C)CC2)c(F)cc1N. The van der Waals surface area contributed by atoms with Crippen LogP contribution in [-0.4, -0.2) is 31.6 Å². The number of rotatable bonds is 4. The average molecular weight is 278 g/mol. The van der Waals surface area contributed by atoms with Gasteiger partial charge in [-0.15, -0.1) is 0 Å². The van der Waals surface area contributed by atoms with Crippen molar-refractivity contribution < 1.29 is 9.13 Å². The standard InChI is InChI=1S/C16H23FN2O/c1-11(2)10-19-6-4-12(5-7-19)13-8-16(20-3)15(18)9-14(13)17/h4,8-9,11H,5-7,10,18H2,1-3H3. The normalized spacial score (nSPS) is 16.4. The van der Waals surface area contributed by atoms with Gasteiger partial charge in [0.25, 0.3) is 0 Å². The Hall–Kier alpha value is -1.55. The summed E-state index contributed by atoms with van der Waals surface area (Å²) < 4.78 is 19.2. The first kappa shape index (κ1) is 14.9. The zero-order chi connectivity index (χ0) is 14.7. The van der Waals surface area contributed by atoms with E-state index in [0.717, 1.165) is 31.6 Å². The van der Waals surface area contributed by atoms with E-state index in [2.05, 4.69) is 24.8 Å². The molecule has 0 atom stereocenters. The molecular formula is C16H23FN2O. The van der Waals surface area contributed by atoms with Crippen molar-refractivity contribution in [1.29, 1.82) is 0 Å². The van der Waals surface area contributed by atoms with Crippen LogP contribution in [0.1, 0.15) is 25.8 Å². The van der Waals surface area contributed by atoms with Crippen molar-refractivity contribution >= 4 is 11.3 Å². The van der Waals surface area contributed by atoms with Crippen molar-refractivity contribution in [2.24, 2.45) is 5.92 Å². The molecule has 0 radical (unpaired) electrons. The number of nitrogens with two attached hydrogens (primary N) is 1. The van der Waals surface area contributed by atoms with Crippen LogP contribution in [0.4, 0.5) is 10.1 Å². The molecule has 4 heteroatoms. The van der Waals surface area contributed by atoms with E-state index in [1.807, 2.05) is 0 Å². The van der Waals surface area contributed by atoms with Crippen LogP contribution < -0.4 is 10.5 Å². The molecule has 2 N–H and O–H groups in total. The van der Waals surface area contributed by atoms with Gasteiger partial charge in [0.05, 0.1) is 12.8 Å². The molecule has 0 bridgehead atoms. The fourth-order valence-electron chi connectivity index (χ4n) is 2.63. The minimum Gasteiger partial charge on any atom is -0.495 e. The minimum absolute atomic E-state index is 0.271. The molecule has 0 unspecified atom stereocenters. The summed E-state index contributed by atoms with van der Waals surface area (Å²) in [5, 5.41) is 0. The Balaban J connectivity index is 2.19. The van der Waals surface area contributed by atoms with E-state index >= 15 is 0 Å². The highest BCUT2D eigenvalue weighted by atomic mass is 19.1. The van der Waals surface area contributed by atoms with Crippen LogP contribution in [0.15, 0.2) is 18.2 Å². The zero-order valence-electron chi connectivity index (χ0n) is 12.4. The van der Waals surface area contributed by atoms with Gasteiger partial charge in [-0.25, -0.2) is 4.39 Å². The molecule has 1 aliphatic rings. The molecule has 0 saturated carbocycles. The van der Waals surface area contributed by atoms with Crippen LogP contribution in [0.3, 0.4) is 0 Å². The highest BCUT2D eigenvalue weighted by Crippen LogP contribution is 2.31. The molecule has 0 saturated heterocycles. The summed E-state index contributed by atoms with van der Waals surface area (Å²) in [6.45, 7) is 7.35. The van der Waals surface area contributed by atoms with Crippen molar-refractivity contribution in [3.8, 4) is 5.75 Å². The fraction of sp³-hybridized carbons (Fsp3) is 0.500. The Kier molecular flexibility index (Phi) is 4.65. The molecule has 0 spiro atoms. The van der Waals surface area contributed by atoms with Crippen LogP contribution in [0, 0.1) is 11.7 Å². The summed E-state index contributed by atoms with van der Waals surface area (Å²) in [5.74, 6) is 0.914. The lowest BCUT2D eigenvalue weighted by Gasteiger charge is -2.28. The molecule has 110 valence electrons. The van der Waals surface area contributed by atoms with E-state index in [9.17, 15) is 4.39 Å². The summed E-state index contributed by atoms with van der Waals surface area (Å²) in [6.07, 6.45) is 2.97. The molecule has 3 nitrogen and oxygen atoms in total. The number of nitrogens with zero attached hydrogens (tertiary/aromatic N) is 1. The third-order valence-electron chi connectivity index (χ3n) is 3.58. The van der Waals surface area contributed by atoms with Crippen LogP contribution in [0.25, 0.3) is 5.57 Å². The van der Waals surface area contributed by atoms with Gasteiger partial charge in [-0.05, 0) is 24.0 Å². The second-order valence-corrected chi connectivity index (χ2v) is 5.71. The van der Waals surface area contributed by atoms with E-state index in [0.29, 0.717) is 22.9 Å². The number of benzene rings is 1. The Morgan fingerprint density at radius 1 is 1.40 bits per heavy atom. The molecule has 20 heavy (non-hydrogen) atoms. The number of anilines is 1. The molecule has 0 amide bonds. The van der Waals surface area contributed by atoms with E-state index in [1.165, 1.54) is 6.07 Å². The van der Waals surface area contributed by atoms with Gasteiger partial charge in [0.15, 0.2) is 0 Å². The molecule has 1 aromatic rings. The predicted octanol–water partition coefficient (Wildman–Crippen LogP) is 3.16. The number of methoxy groups -OCH3 is 1. The van der Waals surface area contributed by atoms with Gasteiger partial charge >= 0.3 is 0 Å². The van der Waals surface area contributed by atoms with Crippen molar-refractivity contribution in [1.82, 2.24) is 4.90 Å². The zero-order valence-corrected chi connectivity index (χ0v) is 12.4. The lowest BCUT2D eigenvalue weighted by Crippen LogP contribution is -2.31. The number of hydrogen-bond acceptors (Lipinski definition) is 3. The van der Waals surface area contributed by atoms with Crippen molar-refractivity contribution in [3.63, 3.8) is 0 Å². The van der Waals surface area contributed by atoms with Crippen LogP contribution >= 0.6 is 0 Å². The second-order valence-electron chi connectivity index (χ2n) is 5.71. The van der Waals surface area contributed by atoms with Gasteiger partial charge in [-0.2, -0.15) is 0 Å². The van der Waals surface area contributed by atoms with Crippen LogP contribution in [0.5, 0.6) is 5.75 Å². The van der Waals surface area contributed by atoms with E-state index < -0.39 is 0 Å². The minimum atomic E-state index is -0.271. The molecule has 1 aromatic carbocycles. The average Bonchev–Trinajstić information content (AvgIpc) is 2.39. The first-order chi connectivity index (χ1) is 9.51. The third kappa shape index (κ3) is 3.31. The largest absolute Gasteiger partial charge is 0.495 e. The maximum Gasteiger partial charge on any atom is 0.142 e. The highest BCUT2D eigenvalue weighted by Gasteiger charge is 2.17. The molecule has 1 heterocycles. The highest BCUT2D eigenvalue weighted by molar-refractivity contribution is 5.71. The number of halogens is 1. The fourth-order valence-corrected chi connectivity index (χ4v) is 2.63. The van der Waals surface area contributed by atoms with Gasteiger partial charge in [0, 0.05) is 31.3 Å². The smallest absolute Gasteiger partial charge is 0.142 e. The molecule has 0 aliphatic carbocycles. The summed E-state index contributed by atoms with van der Waals surface area (Å²) in [4.78, 5) is 2.39. The predicted molar refractivity (Wildman–Crippen MR) is 81.2 cm³/mol. The maximum atomic E-state index is 14.1. The molecule has 2 rings (SSSR count). The molecular weight excluding hydrogens is 255 g/mol. The van der Waals surface area contributed by atoms with E-state index in [1.54, 1.807) is 13.2 Å². The number of nitrogen functional groups attached to an aromatic ring is 1. The van der Waals surface area contributed by atoms with Crippen molar-refractivity contribution in [2.75, 3.05) is 32.5 Å². The van der Waals surface area contributed by atoms with Crippen LogP contribution in [-0.2, 0) is 0 Å². The first-order valence-electron chi connectivity index (χ1n) is 7.06. The lowest BCUT2D eigenvalue weighted by molar-refractivity contribution is 0.268. The van der Waals surface area contributed by atoms with Gasteiger partial charge in [0.2, 0.25) is 0 Å². The summed E-state index contributed by atoms with van der Waals surface area (Å²) in [7, 11) is 1.55. The monoisotopic (exact) mass is 278 g/mol. The first-order valence-corrected chi connectivity index (χ1v) is 7.06. The Morgan fingerprint density at radius 3 is 2.70 bits per heavy atom.